The van der Waals surface area contributed by atoms with Crippen molar-refractivity contribution in [1.82, 2.24) is 9.88 Å². The molecule has 0 radical (unpaired) electrons. The number of hydrogen-bond donors (Lipinski definition) is 1. The van der Waals surface area contributed by atoms with Crippen LogP contribution in [-0.2, 0) is 6.42 Å². The van der Waals surface area contributed by atoms with Crippen LogP contribution in [0.4, 0.5) is 10.8 Å². The molecule has 2 heterocycles. The third kappa shape index (κ3) is 4.36. The molecule has 1 aliphatic rings. The first-order chi connectivity index (χ1) is 13.2. The van der Waals surface area contributed by atoms with Crippen molar-refractivity contribution in [2.45, 2.75) is 6.42 Å². The van der Waals surface area contributed by atoms with Crippen LogP contribution in [0.2, 0.25) is 0 Å². The summed E-state index contributed by atoms with van der Waals surface area (Å²) < 4.78 is 6.41. The number of thiazole rings is 1. The number of benzene rings is 2. The van der Waals surface area contributed by atoms with Crippen LogP contribution in [0.1, 0.15) is 5.56 Å². The molecule has 0 aliphatic carbocycles. The fourth-order valence-corrected chi connectivity index (χ4v) is 4.82. The SMILES string of the molecule is COc1ccc2nc(NCCc3ccc(N=C4SCCN4C)cc3)sc2c1. The van der Waals surface area contributed by atoms with Crippen molar-refractivity contribution in [2.75, 3.05) is 38.3 Å². The fraction of sp³-hybridized carbons (Fsp3) is 0.300. The lowest BCUT2D eigenvalue weighted by molar-refractivity contribution is 0.415. The highest BCUT2D eigenvalue weighted by Gasteiger charge is 2.14. The zero-order valence-electron chi connectivity index (χ0n) is 15.4. The molecule has 1 saturated heterocycles. The van der Waals surface area contributed by atoms with Gasteiger partial charge in [-0.15, -0.1) is 0 Å². The average Bonchev–Trinajstić information content (AvgIpc) is 3.28. The third-order valence-corrected chi connectivity index (χ3v) is 6.45. The lowest BCUT2D eigenvalue weighted by Crippen LogP contribution is -2.17. The lowest BCUT2D eigenvalue weighted by atomic mass is 10.1. The minimum Gasteiger partial charge on any atom is -0.497 e. The smallest absolute Gasteiger partial charge is 0.183 e. The summed E-state index contributed by atoms with van der Waals surface area (Å²) >= 11 is 3.47. The molecule has 0 bridgehead atoms. The molecule has 7 heteroatoms. The summed E-state index contributed by atoms with van der Waals surface area (Å²) in [6.45, 7) is 1.93. The maximum Gasteiger partial charge on any atom is 0.183 e. The summed E-state index contributed by atoms with van der Waals surface area (Å²) in [7, 11) is 3.78. The monoisotopic (exact) mass is 398 g/mol. The summed E-state index contributed by atoms with van der Waals surface area (Å²) in [6.07, 6.45) is 0.949. The summed E-state index contributed by atoms with van der Waals surface area (Å²) in [5.41, 5.74) is 3.31. The molecule has 3 aromatic rings. The summed E-state index contributed by atoms with van der Waals surface area (Å²) in [5, 5.41) is 5.48. The molecule has 0 atom stereocenters. The van der Waals surface area contributed by atoms with Gasteiger partial charge in [0.05, 0.1) is 23.0 Å². The molecule has 140 valence electrons. The molecule has 0 spiro atoms. The zero-order chi connectivity index (χ0) is 18.6. The van der Waals surface area contributed by atoms with E-state index in [0.29, 0.717) is 0 Å². The van der Waals surface area contributed by atoms with Crippen molar-refractivity contribution in [3.63, 3.8) is 0 Å². The van der Waals surface area contributed by atoms with E-state index in [-0.39, 0.29) is 0 Å². The van der Waals surface area contributed by atoms with E-state index in [9.17, 15) is 0 Å². The lowest BCUT2D eigenvalue weighted by Gasteiger charge is -2.09. The number of hydrogen-bond acceptors (Lipinski definition) is 6. The van der Waals surface area contributed by atoms with Crippen molar-refractivity contribution < 1.29 is 4.74 Å². The summed E-state index contributed by atoms with van der Waals surface area (Å²) in [4.78, 5) is 11.5. The van der Waals surface area contributed by atoms with Crippen molar-refractivity contribution >= 4 is 49.3 Å². The molecule has 0 unspecified atom stereocenters. The standard InChI is InChI=1S/C20H22N4OS2/c1-24-11-12-26-20(24)22-15-5-3-14(4-6-15)9-10-21-19-23-17-8-7-16(25-2)13-18(17)27-19/h3-8,13H,9-12H2,1-2H3,(H,21,23). The van der Waals surface area contributed by atoms with Crippen molar-refractivity contribution in [1.29, 1.82) is 0 Å². The molecule has 1 fully saturated rings. The van der Waals surface area contributed by atoms with E-state index >= 15 is 0 Å². The summed E-state index contributed by atoms with van der Waals surface area (Å²) in [5.74, 6) is 1.99. The van der Waals surface area contributed by atoms with E-state index in [1.807, 2.05) is 30.0 Å². The van der Waals surface area contributed by atoms with Gasteiger partial charge in [-0.25, -0.2) is 9.98 Å². The Labute approximate surface area is 167 Å². The van der Waals surface area contributed by atoms with E-state index in [0.717, 1.165) is 57.2 Å². The van der Waals surface area contributed by atoms with Gasteiger partial charge in [-0.05, 0) is 42.3 Å². The van der Waals surface area contributed by atoms with Gasteiger partial charge in [-0.3, -0.25) is 0 Å². The van der Waals surface area contributed by atoms with Gasteiger partial charge in [-0.1, -0.05) is 35.2 Å². The molecule has 1 N–H and O–H groups in total. The van der Waals surface area contributed by atoms with E-state index in [1.165, 1.54) is 5.56 Å². The largest absolute Gasteiger partial charge is 0.497 e. The van der Waals surface area contributed by atoms with Crippen molar-refractivity contribution in [3.8, 4) is 5.75 Å². The van der Waals surface area contributed by atoms with E-state index < -0.39 is 0 Å². The van der Waals surface area contributed by atoms with Crippen LogP contribution >= 0.6 is 23.1 Å². The minimum atomic E-state index is 0.851. The molecule has 5 nitrogen and oxygen atoms in total. The Bertz CT molecular complexity index is 952. The topological polar surface area (TPSA) is 49.8 Å². The number of fused-ring (bicyclic) bond motifs is 1. The van der Waals surface area contributed by atoms with Gasteiger partial charge in [0.2, 0.25) is 0 Å². The number of aliphatic imine (C=N–C) groups is 1. The first-order valence-electron chi connectivity index (χ1n) is 8.91. The predicted molar refractivity (Wildman–Crippen MR) is 117 cm³/mol. The number of ether oxygens (including phenoxy) is 1. The van der Waals surface area contributed by atoms with E-state index in [1.54, 1.807) is 18.4 Å². The molecule has 4 rings (SSSR count). The van der Waals surface area contributed by atoms with Crippen LogP contribution in [0.15, 0.2) is 47.5 Å². The molecule has 0 saturated carbocycles. The average molecular weight is 399 g/mol. The van der Waals surface area contributed by atoms with Crippen LogP contribution in [0.25, 0.3) is 10.2 Å². The van der Waals surface area contributed by atoms with Gasteiger partial charge in [0.15, 0.2) is 10.3 Å². The maximum atomic E-state index is 5.27. The number of methoxy groups -OCH3 is 1. The maximum absolute atomic E-state index is 5.27. The highest BCUT2D eigenvalue weighted by atomic mass is 32.2. The first kappa shape index (κ1) is 18.1. The molecule has 2 aromatic carbocycles. The third-order valence-electron chi connectivity index (χ3n) is 4.43. The van der Waals surface area contributed by atoms with Crippen molar-refractivity contribution in [3.05, 3.63) is 48.0 Å². The highest BCUT2D eigenvalue weighted by Crippen LogP contribution is 2.29. The molecular formula is C20H22N4OS2. The van der Waals surface area contributed by atoms with Crippen LogP contribution < -0.4 is 10.1 Å². The van der Waals surface area contributed by atoms with Crippen LogP contribution in [0.3, 0.4) is 0 Å². The Hall–Kier alpha value is -2.25. The van der Waals surface area contributed by atoms with Gasteiger partial charge < -0.3 is 15.0 Å². The number of nitrogens with zero attached hydrogens (tertiary/aromatic N) is 3. The Balaban J connectivity index is 1.34. The number of nitrogens with one attached hydrogen (secondary N) is 1. The molecule has 1 aliphatic heterocycles. The minimum absolute atomic E-state index is 0.851. The molecule has 1 aromatic heterocycles. The Morgan fingerprint density at radius 1 is 1.22 bits per heavy atom. The van der Waals surface area contributed by atoms with Crippen LogP contribution in [-0.4, -0.2) is 48.1 Å². The Kier molecular flexibility index (Phi) is 5.50. The second kappa shape index (κ2) is 8.19. The van der Waals surface area contributed by atoms with Gasteiger partial charge >= 0.3 is 0 Å². The highest BCUT2D eigenvalue weighted by molar-refractivity contribution is 8.14. The second-order valence-electron chi connectivity index (χ2n) is 6.36. The number of amidine groups is 1. The number of thioether (sulfide) groups is 1. The van der Waals surface area contributed by atoms with Crippen LogP contribution in [0.5, 0.6) is 5.75 Å². The quantitative estimate of drug-likeness (QED) is 0.656. The van der Waals surface area contributed by atoms with Crippen LogP contribution in [0, 0.1) is 0 Å². The van der Waals surface area contributed by atoms with Gasteiger partial charge in [0, 0.05) is 25.9 Å². The number of anilines is 1. The second-order valence-corrected chi connectivity index (χ2v) is 8.45. The van der Waals surface area contributed by atoms with E-state index in [2.05, 4.69) is 46.5 Å². The van der Waals surface area contributed by atoms with Crippen molar-refractivity contribution in [2.24, 2.45) is 4.99 Å². The number of rotatable bonds is 6. The molecule has 0 amide bonds. The molecule has 27 heavy (non-hydrogen) atoms. The normalized spacial score (nSPS) is 15.6. The van der Waals surface area contributed by atoms with Gasteiger partial charge in [0.25, 0.3) is 0 Å². The summed E-state index contributed by atoms with van der Waals surface area (Å²) in [6, 6.07) is 14.5. The fourth-order valence-electron chi connectivity index (χ4n) is 2.87. The first-order valence-corrected chi connectivity index (χ1v) is 10.7. The predicted octanol–water partition coefficient (Wildman–Crippen LogP) is 4.63. The number of aromatic nitrogens is 1. The zero-order valence-corrected chi connectivity index (χ0v) is 17.1. The van der Waals surface area contributed by atoms with Gasteiger partial charge in [-0.2, -0.15) is 0 Å². The van der Waals surface area contributed by atoms with Gasteiger partial charge in [0.1, 0.15) is 5.75 Å². The molecular weight excluding hydrogens is 376 g/mol. The Morgan fingerprint density at radius 2 is 2.07 bits per heavy atom. The Morgan fingerprint density at radius 3 is 2.81 bits per heavy atom. The van der Waals surface area contributed by atoms with E-state index in [4.69, 9.17) is 9.73 Å².